The van der Waals surface area contributed by atoms with E-state index in [1.807, 2.05) is 24.3 Å². The summed E-state index contributed by atoms with van der Waals surface area (Å²) >= 11 is 0. The Morgan fingerprint density at radius 2 is 0.762 bits per heavy atom. The zero-order valence-corrected chi connectivity index (χ0v) is 22.7. The molecule has 0 fully saturated rings. The van der Waals surface area contributed by atoms with Crippen LogP contribution in [0.2, 0.25) is 0 Å². The molecule has 0 aliphatic heterocycles. The Balaban J connectivity index is 1.55. The molecule has 0 aliphatic carbocycles. The van der Waals surface area contributed by atoms with E-state index in [2.05, 4.69) is 121 Å². The van der Waals surface area contributed by atoms with Gasteiger partial charge in [-0.2, -0.15) is 0 Å². The van der Waals surface area contributed by atoms with Crippen LogP contribution < -0.4 is 0 Å². The van der Waals surface area contributed by atoms with Crippen molar-refractivity contribution in [1.82, 2.24) is 0 Å². The van der Waals surface area contributed by atoms with E-state index in [1.165, 1.54) is 38.2 Å². The van der Waals surface area contributed by atoms with Gasteiger partial charge in [-0.05, 0) is 50.9 Å². The Hall–Kier alpha value is -5.60. The van der Waals surface area contributed by atoms with Gasteiger partial charge in [-0.15, -0.1) is 0 Å². The van der Waals surface area contributed by atoms with E-state index in [4.69, 9.17) is 8.83 Å². The second kappa shape index (κ2) is 8.95. The molecule has 0 bridgehead atoms. The fourth-order valence-corrected chi connectivity index (χ4v) is 6.75. The Kier molecular flexibility index (Phi) is 4.93. The monoisotopic (exact) mass is 536 g/mol. The van der Waals surface area contributed by atoms with Crippen LogP contribution in [-0.4, -0.2) is 0 Å². The number of benzene rings is 7. The molecule has 2 nitrogen and oxygen atoms in total. The molecule has 0 spiro atoms. The van der Waals surface area contributed by atoms with Crippen LogP contribution in [0.15, 0.2) is 154 Å². The molecule has 0 amide bonds. The maximum Gasteiger partial charge on any atom is 0.143 e. The summed E-state index contributed by atoms with van der Waals surface area (Å²) in [4.78, 5) is 0. The smallest absolute Gasteiger partial charge is 0.143 e. The molecule has 9 rings (SSSR count). The zero-order valence-electron chi connectivity index (χ0n) is 22.7. The maximum atomic E-state index is 6.84. The van der Waals surface area contributed by atoms with E-state index < -0.39 is 0 Å². The van der Waals surface area contributed by atoms with E-state index in [0.717, 1.165) is 49.8 Å². The first-order chi connectivity index (χ1) is 20.9. The third-order valence-electron chi connectivity index (χ3n) is 8.47. The van der Waals surface area contributed by atoms with Gasteiger partial charge in [-0.25, -0.2) is 0 Å². The van der Waals surface area contributed by atoms with E-state index in [-0.39, 0.29) is 0 Å². The summed E-state index contributed by atoms with van der Waals surface area (Å²) in [5.74, 6) is 0.867. The van der Waals surface area contributed by atoms with Crippen molar-refractivity contribution in [3.8, 4) is 33.6 Å². The molecule has 196 valence electrons. The first kappa shape index (κ1) is 23.1. The number of hydrogen-bond donors (Lipinski definition) is 0. The van der Waals surface area contributed by atoms with Gasteiger partial charge < -0.3 is 8.83 Å². The predicted molar refractivity (Wildman–Crippen MR) is 175 cm³/mol. The summed E-state index contributed by atoms with van der Waals surface area (Å²) in [5.41, 5.74) is 8.37. The first-order valence-electron chi connectivity index (χ1n) is 14.3. The largest absolute Gasteiger partial charge is 0.456 e. The molecule has 0 N–H and O–H groups in total. The highest BCUT2D eigenvalue weighted by Gasteiger charge is 2.26. The van der Waals surface area contributed by atoms with Crippen molar-refractivity contribution in [2.75, 3.05) is 0 Å². The van der Waals surface area contributed by atoms with Gasteiger partial charge in [0.2, 0.25) is 0 Å². The molecule has 0 unspecified atom stereocenters. The fraction of sp³-hybridized carbons (Fsp3) is 0. The lowest BCUT2D eigenvalue weighted by Gasteiger charge is -2.18. The molecule has 0 saturated heterocycles. The molecular formula is C40H24O2. The van der Waals surface area contributed by atoms with Crippen LogP contribution in [0.25, 0.3) is 88.0 Å². The molecule has 9 aromatic rings. The van der Waals surface area contributed by atoms with Gasteiger partial charge in [-0.3, -0.25) is 0 Å². The second-order valence-corrected chi connectivity index (χ2v) is 10.8. The SMILES string of the molecule is c1ccc(-c2oc3ccc4oc5ccccc5c4c3c2-c2c3ccccc3c(-c3ccccc3)c3ccccc23)cc1. The van der Waals surface area contributed by atoms with E-state index in [1.54, 1.807) is 0 Å². The predicted octanol–water partition coefficient (Wildman–Crippen LogP) is 11.6. The highest BCUT2D eigenvalue weighted by Crippen LogP contribution is 2.51. The van der Waals surface area contributed by atoms with E-state index >= 15 is 0 Å². The molecule has 2 heterocycles. The molecule has 42 heavy (non-hydrogen) atoms. The Labute approximate surface area is 242 Å². The lowest BCUT2D eigenvalue weighted by atomic mass is 9.84. The van der Waals surface area contributed by atoms with Gasteiger partial charge in [0.1, 0.15) is 22.5 Å². The average molecular weight is 537 g/mol. The van der Waals surface area contributed by atoms with Crippen molar-refractivity contribution in [2.24, 2.45) is 0 Å². The lowest BCUT2D eigenvalue weighted by Crippen LogP contribution is -1.91. The summed E-state index contributed by atoms with van der Waals surface area (Å²) < 4.78 is 13.2. The minimum Gasteiger partial charge on any atom is -0.456 e. The standard InChI is InChI=1S/C40H24O2/c1-3-13-25(14-4-1)35-27-17-7-9-19-29(27)36(30-20-10-8-18-28(30)35)39-38-34(42-40(39)26-15-5-2-6-16-26)24-23-33-37(38)31-21-11-12-22-32(31)41-33/h1-24H. The highest BCUT2D eigenvalue weighted by atomic mass is 16.3. The lowest BCUT2D eigenvalue weighted by molar-refractivity contribution is 0.632. The number of furan rings is 2. The topological polar surface area (TPSA) is 26.3 Å². The van der Waals surface area contributed by atoms with Crippen LogP contribution >= 0.6 is 0 Å². The molecule has 2 heteroatoms. The first-order valence-corrected chi connectivity index (χ1v) is 14.3. The normalized spacial score (nSPS) is 11.8. The Morgan fingerprint density at radius 1 is 0.286 bits per heavy atom. The summed E-state index contributed by atoms with van der Waals surface area (Å²) in [6.45, 7) is 0. The minimum atomic E-state index is 0.850. The van der Waals surface area contributed by atoms with Gasteiger partial charge in [0.25, 0.3) is 0 Å². The number of rotatable bonds is 3. The third-order valence-corrected chi connectivity index (χ3v) is 8.47. The molecule has 0 radical (unpaired) electrons. The highest BCUT2D eigenvalue weighted by molar-refractivity contribution is 6.30. The van der Waals surface area contributed by atoms with Crippen molar-refractivity contribution in [2.45, 2.75) is 0 Å². The third kappa shape index (κ3) is 3.27. The molecule has 2 aromatic heterocycles. The summed E-state index contributed by atoms with van der Waals surface area (Å²) in [5, 5.41) is 8.09. The van der Waals surface area contributed by atoms with Gasteiger partial charge >= 0.3 is 0 Å². The maximum absolute atomic E-state index is 6.84. The molecule has 7 aromatic carbocycles. The quantitative estimate of drug-likeness (QED) is 0.210. The number of hydrogen-bond acceptors (Lipinski definition) is 2. The van der Waals surface area contributed by atoms with Crippen molar-refractivity contribution in [1.29, 1.82) is 0 Å². The van der Waals surface area contributed by atoms with Crippen molar-refractivity contribution in [3.63, 3.8) is 0 Å². The fourth-order valence-electron chi connectivity index (χ4n) is 6.75. The summed E-state index contributed by atoms with van der Waals surface area (Å²) in [7, 11) is 0. The van der Waals surface area contributed by atoms with Crippen LogP contribution in [0.5, 0.6) is 0 Å². The van der Waals surface area contributed by atoms with Gasteiger partial charge in [0.05, 0.1) is 0 Å². The summed E-state index contributed by atoms with van der Waals surface area (Å²) in [6, 6.07) is 51.1. The van der Waals surface area contributed by atoms with E-state index in [0.29, 0.717) is 0 Å². The molecule has 0 aliphatic rings. The molecule has 0 saturated carbocycles. The van der Waals surface area contributed by atoms with Gasteiger partial charge in [0, 0.05) is 32.8 Å². The zero-order chi connectivity index (χ0) is 27.6. The van der Waals surface area contributed by atoms with Crippen LogP contribution in [-0.2, 0) is 0 Å². The average Bonchev–Trinajstić information content (AvgIpc) is 3.63. The molecular weight excluding hydrogens is 512 g/mol. The van der Waals surface area contributed by atoms with Crippen LogP contribution in [0.3, 0.4) is 0 Å². The van der Waals surface area contributed by atoms with Crippen LogP contribution in [0.4, 0.5) is 0 Å². The van der Waals surface area contributed by atoms with Crippen molar-refractivity contribution >= 4 is 54.5 Å². The van der Waals surface area contributed by atoms with Crippen LogP contribution in [0.1, 0.15) is 0 Å². The van der Waals surface area contributed by atoms with Gasteiger partial charge in [-0.1, -0.05) is 127 Å². The van der Waals surface area contributed by atoms with Crippen molar-refractivity contribution < 1.29 is 8.83 Å². The Bertz CT molecular complexity index is 2390. The van der Waals surface area contributed by atoms with Crippen molar-refractivity contribution in [3.05, 3.63) is 146 Å². The number of para-hydroxylation sites is 1. The second-order valence-electron chi connectivity index (χ2n) is 10.8. The molecule has 0 atom stereocenters. The summed E-state index contributed by atoms with van der Waals surface area (Å²) in [6.07, 6.45) is 0. The number of fused-ring (bicyclic) bond motifs is 7. The Morgan fingerprint density at radius 3 is 1.38 bits per heavy atom. The van der Waals surface area contributed by atoms with E-state index in [9.17, 15) is 0 Å². The minimum absolute atomic E-state index is 0.850. The van der Waals surface area contributed by atoms with Crippen LogP contribution in [0, 0.1) is 0 Å². The van der Waals surface area contributed by atoms with Gasteiger partial charge in [0.15, 0.2) is 0 Å².